The van der Waals surface area contributed by atoms with Crippen LogP contribution in [-0.4, -0.2) is 23.9 Å². The van der Waals surface area contributed by atoms with Crippen LogP contribution in [0.25, 0.3) is 0 Å². The number of anilines is 1. The molecular weight excluding hydrogens is 380 g/mol. The quantitative estimate of drug-likeness (QED) is 0.616. The average molecular weight is 407 g/mol. The van der Waals surface area contributed by atoms with Crippen molar-refractivity contribution in [3.8, 4) is 0 Å². The van der Waals surface area contributed by atoms with Crippen molar-refractivity contribution >= 4 is 23.2 Å². The van der Waals surface area contributed by atoms with Gasteiger partial charge in [-0.3, -0.25) is 4.79 Å². The number of fused-ring (bicyclic) bond motifs is 3. The first-order valence-electron chi connectivity index (χ1n) is 10.7. The first-order valence-corrected chi connectivity index (χ1v) is 11.1. The van der Waals surface area contributed by atoms with Crippen LogP contribution < -0.4 is 5.32 Å². The maximum atomic E-state index is 13.4. The van der Waals surface area contributed by atoms with E-state index in [1.807, 2.05) is 29.2 Å². The predicted octanol–water partition coefficient (Wildman–Crippen LogP) is 6.04. The van der Waals surface area contributed by atoms with Crippen LogP contribution in [0.5, 0.6) is 0 Å². The third-order valence-corrected chi connectivity index (χ3v) is 7.18. The summed E-state index contributed by atoms with van der Waals surface area (Å²) in [5.74, 6) is 1.68. The highest BCUT2D eigenvalue weighted by atomic mass is 35.5. The molecule has 2 heterocycles. The zero-order valence-corrected chi connectivity index (χ0v) is 17.5. The van der Waals surface area contributed by atoms with E-state index in [2.05, 4.69) is 42.6 Å². The van der Waals surface area contributed by atoms with E-state index >= 15 is 0 Å². The van der Waals surface area contributed by atoms with Crippen molar-refractivity contribution in [1.29, 1.82) is 0 Å². The molecule has 150 valence electrons. The molecule has 0 radical (unpaired) electrons. The first-order chi connectivity index (χ1) is 14.1. The van der Waals surface area contributed by atoms with Crippen LogP contribution in [0.3, 0.4) is 0 Å². The van der Waals surface area contributed by atoms with Gasteiger partial charge in [0.15, 0.2) is 0 Å². The summed E-state index contributed by atoms with van der Waals surface area (Å²) in [5.41, 5.74) is 4.32. The molecule has 1 fully saturated rings. The van der Waals surface area contributed by atoms with Crippen molar-refractivity contribution in [1.82, 2.24) is 4.90 Å². The van der Waals surface area contributed by atoms with Gasteiger partial charge in [-0.2, -0.15) is 0 Å². The molecule has 4 heteroatoms. The number of nitrogens with zero attached hydrogens (tertiary/aromatic N) is 1. The van der Waals surface area contributed by atoms with E-state index in [1.54, 1.807) is 0 Å². The van der Waals surface area contributed by atoms with Crippen molar-refractivity contribution in [2.45, 2.75) is 38.1 Å². The number of para-hydroxylation sites is 1. The van der Waals surface area contributed by atoms with E-state index in [1.165, 1.54) is 11.1 Å². The minimum atomic E-state index is 0.163. The number of halogens is 1. The summed E-state index contributed by atoms with van der Waals surface area (Å²) in [7, 11) is 0. The molecule has 1 saturated heterocycles. The van der Waals surface area contributed by atoms with Gasteiger partial charge in [-0.15, -0.1) is 0 Å². The fourth-order valence-electron chi connectivity index (χ4n) is 5.18. The van der Waals surface area contributed by atoms with Crippen molar-refractivity contribution < 1.29 is 4.79 Å². The average Bonchev–Trinajstić information content (AvgIpc) is 3.24. The summed E-state index contributed by atoms with van der Waals surface area (Å²) >= 11 is 6.12. The number of hydrogen-bond donors (Lipinski definition) is 1. The van der Waals surface area contributed by atoms with Crippen molar-refractivity contribution in [3.05, 3.63) is 76.3 Å². The number of likely N-dealkylation sites (tertiary alicyclic amines) is 1. The van der Waals surface area contributed by atoms with Gasteiger partial charge in [-0.25, -0.2) is 0 Å². The first kappa shape index (κ1) is 18.7. The molecule has 0 aromatic heterocycles. The lowest BCUT2D eigenvalue weighted by Crippen LogP contribution is -2.39. The molecule has 0 bridgehead atoms. The molecule has 3 nitrogen and oxygen atoms in total. The second kappa shape index (κ2) is 7.53. The van der Waals surface area contributed by atoms with Crippen LogP contribution in [0.1, 0.15) is 59.6 Å². The number of rotatable bonds is 2. The minimum absolute atomic E-state index is 0.163. The number of benzene rings is 2. The fraction of sp³-hybridized carbons (Fsp3) is 0.400. The van der Waals surface area contributed by atoms with E-state index < -0.39 is 0 Å². The Bertz CT molecular complexity index is 944. The van der Waals surface area contributed by atoms with E-state index in [4.69, 9.17) is 11.6 Å². The number of nitrogens with one attached hydrogen (secondary N) is 1. The molecule has 3 unspecified atom stereocenters. The lowest BCUT2D eigenvalue weighted by molar-refractivity contribution is 0.0698. The fourth-order valence-corrected chi connectivity index (χ4v) is 5.31. The van der Waals surface area contributed by atoms with Crippen LogP contribution in [0.15, 0.2) is 54.6 Å². The number of carbonyl (C=O) groups is 1. The van der Waals surface area contributed by atoms with E-state index in [0.717, 1.165) is 48.6 Å². The third-order valence-electron chi connectivity index (χ3n) is 6.93. The van der Waals surface area contributed by atoms with Crippen LogP contribution in [0.2, 0.25) is 5.02 Å². The van der Waals surface area contributed by atoms with Gasteiger partial charge in [-0.05, 0) is 60.4 Å². The van der Waals surface area contributed by atoms with E-state index in [0.29, 0.717) is 17.8 Å². The van der Waals surface area contributed by atoms with Gasteiger partial charge in [0.2, 0.25) is 0 Å². The van der Waals surface area contributed by atoms with Crippen molar-refractivity contribution in [2.24, 2.45) is 11.8 Å². The maximum Gasteiger partial charge on any atom is 0.255 e. The van der Waals surface area contributed by atoms with Crippen LogP contribution in [-0.2, 0) is 0 Å². The van der Waals surface area contributed by atoms with E-state index in [9.17, 15) is 4.79 Å². The molecule has 2 aromatic carbocycles. The highest BCUT2D eigenvalue weighted by molar-refractivity contribution is 6.30. The zero-order chi connectivity index (χ0) is 20.0. The van der Waals surface area contributed by atoms with Gasteiger partial charge < -0.3 is 10.2 Å². The summed E-state index contributed by atoms with van der Waals surface area (Å²) in [5, 5.41) is 4.52. The van der Waals surface area contributed by atoms with Gasteiger partial charge in [-0.1, -0.05) is 54.9 Å². The molecule has 1 amide bonds. The van der Waals surface area contributed by atoms with Crippen LogP contribution in [0, 0.1) is 11.8 Å². The predicted molar refractivity (Wildman–Crippen MR) is 119 cm³/mol. The molecule has 1 N–H and O–H groups in total. The SMILES string of the molecule is CC1CCN(C(=O)c2cccc3c2NC(c2ccc(Cl)cc2)C2CC=CC32)CC1. The molecule has 3 atom stereocenters. The normalized spacial score (nSPS) is 26.0. The molecule has 1 aliphatic carbocycles. The number of hydrogen-bond acceptors (Lipinski definition) is 2. The maximum absolute atomic E-state index is 13.4. The molecule has 0 saturated carbocycles. The Hall–Kier alpha value is -2.26. The Morgan fingerprint density at radius 3 is 2.62 bits per heavy atom. The number of amides is 1. The van der Waals surface area contributed by atoms with Crippen molar-refractivity contribution in [2.75, 3.05) is 18.4 Å². The summed E-state index contributed by atoms with van der Waals surface area (Å²) in [6, 6.07) is 14.5. The Kier molecular flexibility index (Phi) is 4.87. The summed E-state index contributed by atoms with van der Waals surface area (Å²) in [4.78, 5) is 15.4. The summed E-state index contributed by atoms with van der Waals surface area (Å²) in [6.07, 6.45) is 7.84. The summed E-state index contributed by atoms with van der Waals surface area (Å²) in [6.45, 7) is 3.99. The number of carbonyl (C=O) groups excluding carboxylic acids is 1. The van der Waals surface area contributed by atoms with Crippen molar-refractivity contribution in [3.63, 3.8) is 0 Å². The number of allylic oxidation sites excluding steroid dienone is 2. The van der Waals surface area contributed by atoms with Gasteiger partial charge in [0.05, 0.1) is 17.3 Å². The lowest BCUT2D eigenvalue weighted by Gasteiger charge is -2.39. The molecule has 29 heavy (non-hydrogen) atoms. The Balaban J connectivity index is 1.52. The molecule has 2 aromatic rings. The Morgan fingerprint density at radius 2 is 1.86 bits per heavy atom. The summed E-state index contributed by atoms with van der Waals surface area (Å²) < 4.78 is 0. The highest BCUT2D eigenvalue weighted by Gasteiger charge is 2.39. The second-order valence-electron chi connectivity index (χ2n) is 8.77. The molecule has 3 aliphatic rings. The standard InChI is InChI=1S/C25H27ClN2O/c1-16-12-14-28(15-13-16)25(29)22-7-3-6-21-19-4-2-5-20(19)23(27-24(21)22)17-8-10-18(26)11-9-17/h2-4,6-11,16,19-20,23,27H,5,12-15H2,1H3. The Morgan fingerprint density at radius 1 is 1.10 bits per heavy atom. The van der Waals surface area contributed by atoms with Gasteiger partial charge in [0.1, 0.15) is 0 Å². The largest absolute Gasteiger partial charge is 0.377 e. The van der Waals surface area contributed by atoms with Gasteiger partial charge in [0, 0.05) is 24.0 Å². The third kappa shape index (κ3) is 3.36. The second-order valence-corrected chi connectivity index (χ2v) is 9.21. The van der Waals surface area contributed by atoms with Crippen LogP contribution >= 0.6 is 11.6 Å². The van der Waals surface area contributed by atoms with Gasteiger partial charge >= 0.3 is 0 Å². The molecule has 0 spiro atoms. The molecule has 2 aliphatic heterocycles. The Labute approximate surface area is 177 Å². The monoisotopic (exact) mass is 406 g/mol. The molecular formula is C25H27ClN2O. The smallest absolute Gasteiger partial charge is 0.255 e. The highest BCUT2D eigenvalue weighted by Crippen LogP contribution is 2.50. The lowest BCUT2D eigenvalue weighted by atomic mass is 9.76. The molecule has 5 rings (SSSR count). The number of piperidine rings is 1. The minimum Gasteiger partial charge on any atom is -0.377 e. The van der Waals surface area contributed by atoms with Gasteiger partial charge in [0.25, 0.3) is 5.91 Å². The topological polar surface area (TPSA) is 32.3 Å². The van der Waals surface area contributed by atoms with Crippen LogP contribution in [0.4, 0.5) is 5.69 Å². The zero-order valence-electron chi connectivity index (χ0n) is 16.8. The van der Waals surface area contributed by atoms with E-state index in [-0.39, 0.29) is 11.9 Å².